The largest absolute Gasteiger partial charge is 0.481 e. The van der Waals surface area contributed by atoms with Gasteiger partial charge in [-0.15, -0.1) is 11.3 Å². The van der Waals surface area contributed by atoms with Gasteiger partial charge in [-0.25, -0.2) is 4.79 Å². The standard InChI is InChI=1S/C19H19NO6S/c1-2-25-19(24)15-13(14-8-5-9-26-14)10-27-17(15)20-16(21)11-6-3-4-7-12(11)18(22)23/h3-5,8-12H,2,6-7H2,1H3,(H,20,21)(H,22,23)/t11-,12+/m1/s1. The fraction of sp³-hybridized carbons (Fsp3) is 0.316. The third kappa shape index (κ3) is 3.95. The van der Waals surface area contributed by atoms with E-state index in [4.69, 9.17) is 9.15 Å². The summed E-state index contributed by atoms with van der Waals surface area (Å²) < 4.78 is 10.5. The molecule has 0 aliphatic heterocycles. The number of allylic oxidation sites excluding steroid dienone is 2. The highest BCUT2D eigenvalue weighted by molar-refractivity contribution is 7.15. The van der Waals surface area contributed by atoms with Crippen molar-refractivity contribution >= 4 is 34.2 Å². The van der Waals surface area contributed by atoms with E-state index in [-0.39, 0.29) is 12.2 Å². The molecule has 3 rings (SSSR count). The molecule has 0 saturated heterocycles. The van der Waals surface area contributed by atoms with Gasteiger partial charge in [-0.3, -0.25) is 9.59 Å². The second-order valence-electron chi connectivity index (χ2n) is 6.03. The van der Waals surface area contributed by atoms with Crippen LogP contribution in [0.25, 0.3) is 11.3 Å². The Balaban J connectivity index is 1.90. The van der Waals surface area contributed by atoms with Gasteiger partial charge in [0.05, 0.1) is 24.7 Å². The highest BCUT2D eigenvalue weighted by Crippen LogP contribution is 2.37. The molecule has 0 radical (unpaired) electrons. The Morgan fingerprint density at radius 3 is 2.67 bits per heavy atom. The summed E-state index contributed by atoms with van der Waals surface area (Å²) in [6.45, 7) is 1.88. The lowest BCUT2D eigenvalue weighted by molar-refractivity contribution is -0.146. The van der Waals surface area contributed by atoms with Gasteiger partial charge in [-0.1, -0.05) is 12.2 Å². The number of furan rings is 1. The van der Waals surface area contributed by atoms with Gasteiger partial charge in [0.15, 0.2) is 0 Å². The average Bonchev–Trinajstić information content (AvgIpc) is 3.31. The van der Waals surface area contributed by atoms with Crippen molar-refractivity contribution in [1.82, 2.24) is 0 Å². The van der Waals surface area contributed by atoms with Crippen molar-refractivity contribution in [2.45, 2.75) is 19.8 Å². The molecule has 2 N–H and O–H groups in total. The molecule has 0 unspecified atom stereocenters. The Morgan fingerprint density at radius 2 is 2.04 bits per heavy atom. The third-order valence-corrected chi connectivity index (χ3v) is 5.28. The van der Waals surface area contributed by atoms with Gasteiger partial charge in [0.1, 0.15) is 16.3 Å². The quantitative estimate of drug-likeness (QED) is 0.575. The van der Waals surface area contributed by atoms with E-state index in [1.54, 1.807) is 36.6 Å². The van der Waals surface area contributed by atoms with Crippen molar-refractivity contribution in [2.24, 2.45) is 11.8 Å². The normalized spacial score (nSPS) is 18.9. The molecular formula is C19H19NO6S. The molecule has 8 heteroatoms. The zero-order valence-corrected chi connectivity index (χ0v) is 15.5. The summed E-state index contributed by atoms with van der Waals surface area (Å²) in [5, 5.41) is 14.1. The monoisotopic (exact) mass is 389 g/mol. The number of amides is 1. The van der Waals surface area contributed by atoms with Gasteiger partial charge in [0.2, 0.25) is 5.91 Å². The zero-order valence-electron chi connectivity index (χ0n) is 14.6. The van der Waals surface area contributed by atoms with Gasteiger partial charge >= 0.3 is 11.9 Å². The van der Waals surface area contributed by atoms with E-state index in [2.05, 4.69) is 5.32 Å². The topological polar surface area (TPSA) is 106 Å². The van der Waals surface area contributed by atoms with Crippen LogP contribution >= 0.6 is 11.3 Å². The molecule has 1 amide bonds. The van der Waals surface area contributed by atoms with Crippen LogP contribution in [0.1, 0.15) is 30.1 Å². The van der Waals surface area contributed by atoms with Gasteiger partial charge in [0, 0.05) is 10.9 Å². The number of esters is 1. The summed E-state index contributed by atoms with van der Waals surface area (Å²) in [6, 6.07) is 3.41. The second-order valence-corrected chi connectivity index (χ2v) is 6.91. The van der Waals surface area contributed by atoms with Crippen molar-refractivity contribution in [2.75, 3.05) is 11.9 Å². The lowest BCUT2D eigenvalue weighted by atomic mass is 9.82. The first kappa shape index (κ1) is 18.9. The minimum Gasteiger partial charge on any atom is -0.481 e. The van der Waals surface area contributed by atoms with Gasteiger partial charge < -0.3 is 19.6 Å². The number of carbonyl (C=O) groups is 3. The van der Waals surface area contributed by atoms with E-state index in [0.717, 1.165) is 0 Å². The Bertz CT molecular complexity index is 867. The Labute approximate surface area is 159 Å². The van der Waals surface area contributed by atoms with Crippen LogP contribution in [0.15, 0.2) is 40.3 Å². The maximum atomic E-state index is 12.7. The number of hydrogen-bond acceptors (Lipinski definition) is 6. The summed E-state index contributed by atoms with van der Waals surface area (Å²) in [5.41, 5.74) is 0.737. The smallest absolute Gasteiger partial charge is 0.341 e. The fourth-order valence-corrected chi connectivity index (χ4v) is 3.99. The second kappa shape index (κ2) is 8.22. The molecule has 2 aromatic rings. The van der Waals surface area contributed by atoms with Crippen LogP contribution < -0.4 is 5.32 Å². The van der Waals surface area contributed by atoms with Crippen molar-refractivity contribution in [3.05, 3.63) is 41.5 Å². The van der Waals surface area contributed by atoms with Crippen molar-refractivity contribution in [3.63, 3.8) is 0 Å². The van der Waals surface area contributed by atoms with Crippen molar-refractivity contribution in [1.29, 1.82) is 0 Å². The maximum absolute atomic E-state index is 12.7. The molecule has 0 aromatic carbocycles. The van der Waals surface area contributed by atoms with E-state index in [1.165, 1.54) is 17.6 Å². The molecule has 27 heavy (non-hydrogen) atoms. The van der Waals surface area contributed by atoms with E-state index >= 15 is 0 Å². The molecule has 0 bridgehead atoms. The molecule has 0 saturated carbocycles. The summed E-state index contributed by atoms with van der Waals surface area (Å²) in [5.74, 6) is -3.00. The number of aliphatic carboxylic acids is 1. The number of nitrogens with one attached hydrogen (secondary N) is 1. The molecule has 1 aliphatic carbocycles. The van der Waals surface area contributed by atoms with E-state index in [0.29, 0.717) is 29.2 Å². The van der Waals surface area contributed by atoms with Crippen molar-refractivity contribution in [3.8, 4) is 11.3 Å². The summed E-state index contributed by atoms with van der Waals surface area (Å²) >= 11 is 1.17. The third-order valence-electron chi connectivity index (χ3n) is 4.38. The van der Waals surface area contributed by atoms with Crippen LogP contribution in [-0.4, -0.2) is 29.6 Å². The molecule has 0 spiro atoms. The van der Waals surface area contributed by atoms with Crippen molar-refractivity contribution < 1.29 is 28.6 Å². The molecule has 2 heterocycles. The number of thiophene rings is 1. The lowest BCUT2D eigenvalue weighted by Gasteiger charge is -2.24. The fourth-order valence-electron chi connectivity index (χ4n) is 3.05. The SMILES string of the molecule is CCOC(=O)c1c(-c2ccco2)csc1NC(=O)[C@@H]1CC=CC[C@@H]1C(=O)O. The molecule has 7 nitrogen and oxygen atoms in total. The highest BCUT2D eigenvalue weighted by atomic mass is 32.1. The van der Waals surface area contributed by atoms with Gasteiger partial charge in [0.25, 0.3) is 0 Å². The highest BCUT2D eigenvalue weighted by Gasteiger charge is 2.35. The summed E-state index contributed by atoms with van der Waals surface area (Å²) in [7, 11) is 0. The molecule has 0 fully saturated rings. The van der Waals surface area contributed by atoms with Crippen LogP contribution in [0.3, 0.4) is 0 Å². The number of carboxylic acid groups (broad SMARTS) is 1. The van der Waals surface area contributed by atoms with Gasteiger partial charge in [-0.05, 0) is 31.9 Å². The summed E-state index contributed by atoms with van der Waals surface area (Å²) in [6.07, 6.45) is 5.71. The average molecular weight is 389 g/mol. The minimum atomic E-state index is -1.01. The molecular weight excluding hydrogens is 370 g/mol. The first-order chi connectivity index (χ1) is 13.0. The van der Waals surface area contributed by atoms with Gasteiger partial charge in [-0.2, -0.15) is 0 Å². The van der Waals surface area contributed by atoms with Crippen LogP contribution in [0, 0.1) is 11.8 Å². The molecule has 1 aliphatic rings. The number of anilines is 1. The Hall–Kier alpha value is -2.87. The number of carboxylic acids is 1. The number of hydrogen-bond donors (Lipinski definition) is 2. The number of ether oxygens (including phenoxy) is 1. The van der Waals surface area contributed by atoms with Crippen LogP contribution in [-0.2, 0) is 14.3 Å². The minimum absolute atomic E-state index is 0.189. The summed E-state index contributed by atoms with van der Waals surface area (Å²) in [4.78, 5) is 36.6. The predicted molar refractivity (Wildman–Crippen MR) is 99.6 cm³/mol. The number of carbonyl (C=O) groups excluding carboxylic acids is 2. The Morgan fingerprint density at radius 1 is 1.30 bits per heavy atom. The van der Waals surface area contributed by atoms with Crippen LogP contribution in [0.5, 0.6) is 0 Å². The Kier molecular flexibility index (Phi) is 5.75. The van der Waals surface area contributed by atoms with Crippen LogP contribution in [0.4, 0.5) is 5.00 Å². The van der Waals surface area contributed by atoms with Crippen LogP contribution in [0.2, 0.25) is 0 Å². The van der Waals surface area contributed by atoms with E-state index in [9.17, 15) is 19.5 Å². The first-order valence-electron chi connectivity index (χ1n) is 8.54. The molecule has 2 atom stereocenters. The van der Waals surface area contributed by atoms with E-state index < -0.39 is 29.7 Å². The number of rotatable bonds is 6. The first-order valence-corrected chi connectivity index (χ1v) is 9.42. The predicted octanol–water partition coefficient (Wildman–Crippen LogP) is 3.79. The molecule has 2 aromatic heterocycles. The van der Waals surface area contributed by atoms with E-state index in [1.807, 2.05) is 0 Å². The molecule has 142 valence electrons. The zero-order chi connectivity index (χ0) is 19.4. The lowest BCUT2D eigenvalue weighted by Crippen LogP contribution is -2.34. The maximum Gasteiger partial charge on any atom is 0.341 e.